The number of nitrogens with one attached hydrogen (secondary N) is 14. The number of nitrogens with two attached hydrogens (primary N) is 2. The first-order chi connectivity index (χ1) is 52.4. The van der Waals surface area contributed by atoms with Crippen LogP contribution in [0.3, 0.4) is 0 Å². The topological polar surface area (TPSA) is 659 Å². The minimum absolute atomic E-state index is 0.00335. The van der Waals surface area contributed by atoms with Crippen LogP contribution in [0.25, 0.3) is 10.9 Å². The minimum atomic E-state index is -2.31. The van der Waals surface area contributed by atoms with E-state index in [1.807, 2.05) is 16.0 Å². The van der Waals surface area contributed by atoms with Crippen LogP contribution in [0.15, 0.2) is 30.5 Å². The molecular formula is C70H106N16O25. The van der Waals surface area contributed by atoms with Crippen molar-refractivity contribution in [1.82, 2.24) is 74.1 Å². The van der Waals surface area contributed by atoms with Crippen molar-refractivity contribution in [1.29, 1.82) is 0 Å². The maximum Gasteiger partial charge on any atom is 0.329 e. The molecule has 41 nitrogen and oxygen atoms in total. The van der Waals surface area contributed by atoms with E-state index in [1.54, 1.807) is 30.5 Å². The number of rotatable bonds is 36. The SMILES string of the molecule is CCC(C)CCCCCCCCC(=O)NC(Cc1c[nH]c2ccccc12)C(=O)NC(CC(N)=O)C(=O)NC(CC(=O)O)C(=O)NC1C(=O)NCC(=O)NC(CCCN)C(=O)NC(CC(=O)O)C(=O)NC(C)C(=O)NC(CC(=O)O)C(=O)NCC(=O)NC(CO)C(=O)NC(CCC(=O)O)C(=O)NC(C(C)CC)C(=O)OC1C. The van der Waals surface area contributed by atoms with Gasteiger partial charge in [-0.2, -0.15) is 0 Å². The Kier molecular flexibility index (Phi) is 40.7. The number of aliphatic carboxylic acids is 4. The number of primary amides is 1. The van der Waals surface area contributed by atoms with Crippen LogP contribution in [-0.4, -0.2) is 242 Å². The molecule has 1 fully saturated rings. The van der Waals surface area contributed by atoms with E-state index >= 15 is 0 Å². The first kappa shape index (κ1) is 93.8. The van der Waals surface area contributed by atoms with Gasteiger partial charge in [0, 0.05) is 36.4 Å². The van der Waals surface area contributed by atoms with Crippen molar-refractivity contribution < 1.29 is 121 Å². The lowest BCUT2D eigenvalue weighted by molar-refractivity contribution is -0.157. The number of amides is 14. The molecule has 0 aliphatic carbocycles. The summed E-state index contributed by atoms with van der Waals surface area (Å²) >= 11 is 0. The molecule has 0 bridgehead atoms. The average Bonchev–Trinajstić information content (AvgIpc) is 1.71. The fourth-order valence-electron chi connectivity index (χ4n) is 11.3. The normalized spacial score (nSPS) is 21.9. The molecule has 0 spiro atoms. The number of carbonyl (C=O) groups excluding carboxylic acids is 15. The monoisotopic (exact) mass is 1570 g/mol. The summed E-state index contributed by atoms with van der Waals surface area (Å²) in [6.45, 7) is 5.55. The molecule has 616 valence electrons. The number of aliphatic hydroxyl groups is 1. The van der Waals surface area contributed by atoms with E-state index in [0.29, 0.717) is 35.2 Å². The number of carboxylic acid groups (broad SMARTS) is 4. The summed E-state index contributed by atoms with van der Waals surface area (Å²) in [5.41, 5.74) is 12.5. The molecule has 2 heterocycles. The van der Waals surface area contributed by atoms with Crippen LogP contribution < -0.4 is 80.6 Å². The molecule has 14 amide bonds. The lowest BCUT2D eigenvalue weighted by Gasteiger charge is -2.30. The number of H-pyrrole nitrogens is 1. The number of para-hydroxylation sites is 1. The average molecular weight is 1570 g/mol. The number of hydrogen-bond donors (Lipinski definition) is 21. The smallest absolute Gasteiger partial charge is 0.329 e. The van der Waals surface area contributed by atoms with Crippen molar-refractivity contribution in [3.05, 3.63) is 36.0 Å². The molecule has 0 radical (unpaired) electrons. The second-order valence-corrected chi connectivity index (χ2v) is 27.1. The van der Waals surface area contributed by atoms with Gasteiger partial charge in [0.05, 0.1) is 45.4 Å². The van der Waals surface area contributed by atoms with Gasteiger partial charge in [0.2, 0.25) is 82.7 Å². The number of fused-ring (bicyclic) bond motifs is 1. The first-order valence-electron chi connectivity index (χ1n) is 36.5. The number of benzene rings is 1. The summed E-state index contributed by atoms with van der Waals surface area (Å²) in [4.78, 5) is 260. The summed E-state index contributed by atoms with van der Waals surface area (Å²) in [6.07, 6.45) is 0.00170. The zero-order valence-electron chi connectivity index (χ0n) is 62.8. The third-order valence-corrected chi connectivity index (χ3v) is 18.0. The molecule has 23 N–H and O–H groups in total. The second kappa shape index (κ2) is 48.2. The molecule has 0 saturated carbocycles. The van der Waals surface area contributed by atoms with Crippen LogP contribution >= 0.6 is 0 Å². The molecule has 2 aromatic rings. The van der Waals surface area contributed by atoms with Crippen molar-refractivity contribution in [3.63, 3.8) is 0 Å². The summed E-state index contributed by atoms with van der Waals surface area (Å²) < 4.78 is 5.70. The maximum absolute atomic E-state index is 14.6. The van der Waals surface area contributed by atoms with Gasteiger partial charge >= 0.3 is 29.8 Å². The summed E-state index contributed by atoms with van der Waals surface area (Å²) in [6, 6.07) is -14.4. The van der Waals surface area contributed by atoms with Crippen LogP contribution in [0.1, 0.15) is 163 Å². The fourth-order valence-corrected chi connectivity index (χ4v) is 11.3. The predicted octanol–water partition coefficient (Wildman–Crippen LogP) is -4.65. The van der Waals surface area contributed by atoms with Crippen molar-refractivity contribution in [2.45, 2.75) is 236 Å². The standard InChI is InChI=1S/C70H106N16O25/c1-7-35(3)18-13-11-9-10-12-14-22-51(89)78-44(26-39-31-73-41-20-16-15-19-40(39)41)65(105)82-45(27-50(72)88)66(106)84-48(30-57(98)99)67(107)86-59-38(6)111-70(110)58(36(4)8-2)85-63(103)43(23-24-54(92)93)80-68(108)49(34-87)79-53(91)32-74-61(101)46(28-55(94)95)81-60(100)37(5)76-64(104)47(29-56(96)97)83-62(102)42(21-17-25-71)77-52(90)33-75-69(59)109/h15-16,19-20,31,35-38,42-49,58-59,73,87H,7-14,17-18,21-30,32-34,71H2,1-6H3,(H2,72,88)(H,74,101)(H,75,109)(H,76,104)(H,77,90)(H,78,89)(H,79,91)(H,80,108)(H,81,100)(H,82,105)(H,83,102)(H,84,106)(H,85,103)(H,86,107)(H,92,93)(H,94,95)(H,96,97)(H,98,99). The summed E-state index contributed by atoms with van der Waals surface area (Å²) in [7, 11) is 0. The zero-order chi connectivity index (χ0) is 83.2. The minimum Gasteiger partial charge on any atom is -0.481 e. The molecule has 1 aliphatic heterocycles. The lowest BCUT2D eigenvalue weighted by atomic mass is 9.98. The Morgan fingerprint density at radius 3 is 1.67 bits per heavy atom. The van der Waals surface area contributed by atoms with Gasteiger partial charge in [-0.3, -0.25) is 86.3 Å². The molecule has 3 rings (SSSR count). The third kappa shape index (κ3) is 34.0. The van der Waals surface area contributed by atoms with Crippen LogP contribution in [0.2, 0.25) is 0 Å². The highest BCUT2D eigenvalue weighted by Gasteiger charge is 2.40. The van der Waals surface area contributed by atoms with Gasteiger partial charge in [-0.15, -0.1) is 0 Å². The van der Waals surface area contributed by atoms with E-state index in [9.17, 15) is 117 Å². The maximum atomic E-state index is 14.6. The summed E-state index contributed by atoms with van der Waals surface area (Å²) in [5.74, 6) is -26.2. The number of aromatic amines is 1. The Bertz CT molecular complexity index is 3630. The second-order valence-electron chi connectivity index (χ2n) is 27.1. The number of aliphatic hydroxyl groups excluding tert-OH is 1. The number of carboxylic acids is 4. The molecule has 111 heavy (non-hydrogen) atoms. The van der Waals surface area contributed by atoms with E-state index in [-0.39, 0.29) is 38.6 Å². The van der Waals surface area contributed by atoms with Gasteiger partial charge in [0.15, 0.2) is 0 Å². The Morgan fingerprint density at radius 1 is 0.550 bits per heavy atom. The van der Waals surface area contributed by atoms with E-state index in [2.05, 4.69) is 72.0 Å². The van der Waals surface area contributed by atoms with E-state index in [0.717, 1.165) is 52.4 Å². The Labute approximate surface area is 638 Å². The number of cyclic esters (lactones) is 1. The van der Waals surface area contributed by atoms with Crippen LogP contribution in [0, 0.1) is 11.8 Å². The highest BCUT2D eigenvalue weighted by molar-refractivity contribution is 6.02. The highest BCUT2D eigenvalue weighted by atomic mass is 16.5. The number of unbranched alkanes of at least 4 members (excludes halogenated alkanes) is 5. The molecule has 1 aromatic carbocycles. The summed E-state index contributed by atoms with van der Waals surface area (Å²) in [5, 5.41) is 78.6. The third-order valence-electron chi connectivity index (χ3n) is 18.0. The number of hydrogen-bond acceptors (Lipinski definition) is 22. The Morgan fingerprint density at radius 2 is 1.08 bits per heavy atom. The molecule has 1 aliphatic rings. The number of carbonyl (C=O) groups is 19. The molecule has 14 atom stereocenters. The van der Waals surface area contributed by atoms with E-state index in [4.69, 9.17) is 16.2 Å². The van der Waals surface area contributed by atoms with E-state index in [1.165, 1.54) is 13.8 Å². The quantitative estimate of drug-likeness (QED) is 0.0225. The lowest BCUT2D eigenvalue weighted by Crippen LogP contribution is -2.62. The Balaban J connectivity index is 2.16. The number of aromatic nitrogens is 1. The molecular weight excluding hydrogens is 1460 g/mol. The van der Waals surface area contributed by atoms with E-state index < -0.39 is 249 Å². The van der Waals surface area contributed by atoms with Gasteiger partial charge in [-0.1, -0.05) is 97.3 Å². The molecule has 1 saturated heterocycles. The largest absolute Gasteiger partial charge is 0.481 e. The van der Waals surface area contributed by atoms with Crippen molar-refractivity contribution >= 4 is 123 Å². The number of ether oxygens (including phenoxy) is 1. The predicted molar refractivity (Wildman–Crippen MR) is 389 cm³/mol. The Hall–Kier alpha value is -11.4. The van der Waals surface area contributed by atoms with Gasteiger partial charge in [0.25, 0.3) is 0 Å². The highest BCUT2D eigenvalue weighted by Crippen LogP contribution is 2.21. The van der Waals surface area contributed by atoms with Crippen LogP contribution in [-0.2, 0) is 102 Å². The molecule has 41 heteroatoms. The van der Waals surface area contributed by atoms with Crippen molar-refractivity contribution in [2.75, 3.05) is 26.2 Å². The first-order valence-corrected chi connectivity index (χ1v) is 36.5. The van der Waals surface area contributed by atoms with Crippen molar-refractivity contribution in [2.24, 2.45) is 23.3 Å². The zero-order valence-corrected chi connectivity index (χ0v) is 62.8. The van der Waals surface area contributed by atoms with Gasteiger partial charge in [-0.25, -0.2) is 4.79 Å². The molecule has 14 unspecified atom stereocenters. The fraction of sp³-hybridized carbons (Fsp3) is 0.614. The van der Waals surface area contributed by atoms with Crippen LogP contribution in [0.5, 0.6) is 0 Å². The number of esters is 1. The van der Waals surface area contributed by atoms with Crippen molar-refractivity contribution in [3.8, 4) is 0 Å². The molecule has 1 aromatic heterocycles. The van der Waals surface area contributed by atoms with Gasteiger partial charge in [-0.05, 0) is 69.5 Å². The van der Waals surface area contributed by atoms with Gasteiger partial charge in [0.1, 0.15) is 72.6 Å². The van der Waals surface area contributed by atoms with Crippen LogP contribution in [0.4, 0.5) is 0 Å². The van der Waals surface area contributed by atoms with Gasteiger partial charge < -0.3 is 116 Å².